The first-order valence-corrected chi connectivity index (χ1v) is 7.83. The molecule has 0 saturated carbocycles. The van der Waals surface area contributed by atoms with E-state index in [2.05, 4.69) is 72.4 Å². The monoisotopic (exact) mass is 295 g/mol. The van der Waals surface area contributed by atoms with Crippen LogP contribution in [0.5, 0.6) is 0 Å². The lowest BCUT2D eigenvalue weighted by Gasteiger charge is -2.33. The molecule has 1 saturated heterocycles. The maximum Gasteiger partial charge on any atom is 0.0688 e. The van der Waals surface area contributed by atoms with E-state index in [9.17, 15) is 0 Å². The Balaban J connectivity index is 1.95. The quantitative estimate of drug-likeness (QED) is 0.862. The zero-order valence-corrected chi connectivity index (χ0v) is 13.4. The van der Waals surface area contributed by atoms with E-state index in [1.165, 1.54) is 22.5 Å². The van der Waals surface area contributed by atoms with E-state index in [-0.39, 0.29) is 0 Å². The number of ether oxygens (including phenoxy) is 1. The van der Waals surface area contributed by atoms with Crippen LogP contribution in [0.15, 0.2) is 42.5 Å². The molecule has 0 unspecified atom stereocenters. The summed E-state index contributed by atoms with van der Waals surface area (Å²) in [6, 6.07) is 18.3. The van der Waals surface area contributed by atoms with Crippen molar-refractivity contribution in [3.63, 3.8) is 0 Å². The molecule has 0 spiro atoms. The van der Waals surface area contributed by atoms with Gasteiger partial charge in [0, 0.05) is 33.3 Å². The predicted molar refractivity (Wildman–Crippen MR) is 91.9 cm³/mol. The Kier molecular flexibility index (Phi) is 4.64. The second-order valence-corrected chi connectivity index (χ2v) is 5.86. The minimum Gasteiger partial charge on any atom is -0.378 e. The van der Waals surface area contributed by atoms with Crippen molar-refractivity contribution in [2.24, 2.45) is 0 Å². The first kappa shape index (κ1) is 14.9. The molecule has 2 aromatic carbocycles. The van der Waals surface area contributed by atoms with E-state index < -0.39 is 0 Å². The average Bonchev–Trinajstić information content (AvgIpc) is 2.56. The van der Waals surface area contributed by atoms with Crippen LogP contribution in [0.2, 0.25) is 0 Å². The van der Waals surface area contributed by atoms with Crippen LogP contribution in [-0.4, -0.2) is 40.4 Å². The standard InChI is InChI=1S/C19H23N2O/c1-20(2)19-17(15-16-7-4-3-5-8-16)9-6-10-18(19)21-11-13-22-14-12-21/h3-9H,11-15H2,1-2H3. The molecule has 115 valence electrons. The second-order valence-electron chi connectivity index (χ2n) is 5.86. The minimum absolute atomic E-state index is 0.795. The fourth-order valence-corrected chi connectivity index (χ4v) is 3.01. The van der Waals surface area contributed by atoms with Crippen LogP contribution < -0.4 is 9.80 Å². The highest BCUT2D eigenvalue weighted by atomic mass is 16.5. The maximum atomic E-state index is 5.48. The third-order valence-electron chi connectivity index (χ3n) is 4.04. The van der Waals surface area contributed by atoms with Gasteiger partial charge in [-0.25, -0.2) is 0 Å². The van der Waals surface area contributed by atoms with Crippen molar-refractivity contribution in [3.05, 3.63) is 59.7 Å². The van der Waals surface area contributed by atoms with Gasteiger partial charge in [-0.2, -0.15) is 0 Å². The molecule has 0 aromatic heterocycles. The summed E-state index contributed by atoms with van der Waals surface area (Å²) in [4.78, 5) is 4.59. The van der Waals surface area contributed by atoms with Crippen molar-refractivity contribution in [3.8, 4) is 0 Å². The highest BCUT2D eigenvalue weighted by Crippen LogP contribution is 2.33. The van der Waals surface area contributed by atoms with Crippen LogP contribution in [0, 0.1) is 6.07 Å². The average molecular weight is 295 g/mol. The molecular formula is C19H23N2O. The number of morpholine rings is 1. The number of rotatable bonds is 4. The van der Waals surface area contributed by atoms with Crippen LogP contribution in [0.25, 0.3) is 0 Å². The largest absolute Gasteiger partial charge is 0.378 e. The first-order chi connectivity index (χ1) is 10.8. The summed E-state index contributed by atoms with van der Waals surface area (Å²) in [6.07, 6.45) is 0.945. The molecule has 0 atom stereocenters. The Morgan fingerprint density at radius 2 is 1.82 bits per heavy atom. The van der Waals surface area contributed by atoms with Gasteiger partial charge in [-0.1, -0.05) is 42.5 Å². The summed E-state index contributed by atoms with van der Waals surface area (Å²) in [5, 5.41) is 0. The molecule has 1 fully saturated rings. The van der Waals surface area contributed by atoms with Gasteiger partial charge in [0.05, 0.1) is 24.6 Å². The summed E-state index contributed by atoms with van der Waals surface area (Å²) in [5.74, 6) is 0. The van der Waals surface area contributed by atoms with Crippen LogP contribution in [0.3, 0.4) is 0 Å². The minimum atomic E-state index is 0.795. The summed E-state index contributed by atoms with van der Waals surface area (Å²) >= 11 is 0. The third kappa shape index (κ3) is 3.25. The van der Waals surface area contributed by atoms with E-state index in [1.54, 1.807) is 0 Å². The molecule has 3 rings (SSSR count). The molecule has 0 amide bonds. The van der Waals surface area contributed by atoms with Crippen molar-refractivity contribution in [1.29, 1.82) is 0 Å². The van der Waals surface area contributed by atoms with Crippen molar-refractivity contribution in [1.82, 2.24) is 0 Å². The maximum absolute atomic E-state index is 5.48. The molecule has 3 nitrogen and oxygen atoms in total. The van der Waals surface area contributed by atoms with Crippen molar-refractivity contribution >= 4 is 11.4 Å². The lowest BCUT2D eigenvalue weighted by molar-refractivity contribution is 0.122. The molecule has 3 heteroatoms. The normalized spacial score (nSPS) is 14.9. The van der Waals surface area contributed by atoms with E-state index in [4.69, 9.17) is 4.74 Å². The van der Waals surface area contributed by atoms with Crippen molar-refractivity contribution < 1.29 is 4.74 Å². The molecular weight excluding hydrogens is 272 g/mol. The molecule has 1 radical (unpaired) electrons. The third-order valence-corrected chi connectivity index (χ3v) is 4.04. The molecule has 22 heavy (non-hydrogen) atoms. The first-order valence-electron chi connectivity index (χ1n) is 7.83. The lowest BCUT2D eigenvalue weighted by Crippen LogP contribution is -2.37. The van der Waals surface area contributed by atoms with E-state index >= 15 is 0 Å². The number of hydrogen-bond acceptors (Lipinski definition) is 3. The summed E-state index contributed by atoms with van der Waals surface area (Å²) < 4.78 is 5.48. The number of hydrogen-bond donors (Lipinski definition) is 0. The fourth-order valence-electron chi connectivity index (χ4n) is 3.01. The van der Waals surface area contributed by atoms with E-state index in [0.717, 1.165) is 32.7 Å². The number of anilines is 2. The van der Waals surface area contributed by atoms with Gasteiger partial charge in [0.15, 0.2) is 0 Å². The van der Waals surface area contributed by atoms with E-state index in [0.29, 0.717) is 0 Å². The van der Waals surface area contributed by atoms with Gasteiger partial charge in [0.25, 0.3) is 0 Å². The Hall–Kier alpha value is -2.00. The van der Waals surface area contributed by atoms with Crippen molar-refractivity contribution in [2.75, 3.05) is 50.2 Å². The molecule has 2 aromatic rings. The summed E-state index contributed by atoms with van der Waals surface area (Å²) in [6.45, 7) is 3.46. The van der Waals surface area contributed by atoms with Gasteiger partial charge in [-0.3, -0.25) is 0 Å². The highest BCUT2D eigenvalue weighted by molar-refractivity contribution is 5.74. The van der Waals surface area contributed by atoms with Gasteiger partial charge in [0.1, 0.15) is 0 Å². The Labute approximate surface area is 133 Å². The van der Waals surface area contributed by atoms with Gasteiger partial charge in [0.2, 0.25) is 0 Å². The fraction of sp³-hybridized carbons (Fsp3) is 0.368. The van der Waals surface area contributed by atoms with Crippen LogP contribution in [0.1, 0.15) is 11.1 Å². The Morgan fingerprint density at radius 1 is 1.09 bits per heavy atom. The Bertz CT molecular complexity index is 604. The van der Waals surface area contributed by atoms with Crippen molar-refractivity contribution in [2.45, 2.75) is 6.42 Å². The Morgan fingerprint density at radius 3 is 2.50 bits per heavy atom. The second kappa shape index (κ2) is 6.84. The molecule has 1 aliphatic rings. The van der Waals surface area contributed by atoms with Crippen LogP contribution in [0.4, 0.5) is 11.4 Å². The highest BCUT2D eigenvalue weighted by Gasteiger charge is 2.18. The zero-order chi connectivity index (χ0) is 15.4. The SMILES string of the molecule is CN(C)c1c(N2CCOCC2)[c]ccc1Cc1ccccc1. The van der Waals surface area contributed by atoms with Crippen LogP contribution >= 0.6 is 0 Å². The topological polar surface area (TPSA) is 15.7 Å². The molecule has 0 N–H and O–H groups in total. The lowest BCUT2D eigenvalue weighted by atomic mass is 10.0. The van der Waals surface area contributed by atoms with Gasteiger partial charge >= 0.3 is 0 Å². The predicted octanol–water partition coefficient (Wildman–Crippen LogP) is 2.98. The molecule has 1 heterocycles. The van der Waals surface area contributed by atoms with Crippen LogP contribution in [-0.2, 0) is 11.2 Å². The smallest absolute Gasteiger partial charge is 0.0688 e. The number of nitrogens with zero attached hydrogens (tertiary/aromatic N) is 2. The van der Waals surface area contributed by atoms with E-state index in [1.807, 2.05) is 0 Å². The van der Waals surface area contributed by atoms with Gasteiger partial charge in [-0.15, -0.1) is 0 Å². The summed E-state index contributed by atoms with van der Waals surface area (Å²) in [5.41, 5.74) is 5.15. The number of benzene rings is 2. The molecule has 0 aliphatic carbocycles. The van der Waals surface area contributed by atoms with Gasteiger partial charge in [-0.05, 0) is 17.5 Å². The summed E-state index contributed by atoms with van der Waals surface area (Å²) in [7, 11) is 4.23. The molecule has 1 aliphatic heterocycles. The molecule has 0 bridgehead atoms. The van der Waals surface area contributed by atoms with Gasteiger partial charge < -0.3 is 14.5 Å². The zero-order valence-electron chi connectivity index (χ0n) is 13.4.